The summed E-state index contributed by atoms with van der Waals surface area (Å²) in [5.74, 6) is -0.459. The second-order valence-corrected chi connectivity index (χ2v) is 7.38. The number of aromatic nitrogens is 2. The van der Waals surface area contributed by atoms with Crippen molar-refractivity contribution in [1.29, 1.82) is 5.26 Å². The van der Waals surface area contributed by atoms with E-state index in [4.69, 9.17) is 0 Å². The Morgan fingerprint density at radius 2 is 1.80 bits per heavy atom. The molecule has 0 bridgehead atoms. The number of nitrogens with zero attached hydrogens (tertiary/aromatic N) is 5. The van der Waals surface area contributed by atoms with E-state index in [0.717, 1.165) is 31.6 Å². The lowest BCUT2D eigenvalue weighted by molar-refractivity contribution is -0.136. The Balaban J connectivity index is 1.44. The van der Waals surface area contributed by atoms with Crippen LogP contribution in [0.4, 0.5) is 17.2 Å². The minimum absolute atomic E-state index is 0.264. The number of amides is 2. The zero-order valence-electron chi connectivity index (χ0n) is 17.1. The molecule has 0 radical (unpaired) electrons. The van der Waals surface area contributed by atoms with Gasteiger partial charge in [0.25, 0.3) is 0 Å². The fourth-order valence-corrected chi connectivity index (χ4v) is 3.34. The van der Waals surface area contributed by atoms with E-state index < -0.39 is 11.8 Å². The van der Waals surface area contributed by atoms with E-state index >= 15 is 0 Å². The van der Waals surface area contributed by atoms with E-state index in [1.807, 2.05) is 36.0 Å². The molecule has 0 unspecified atom stereocenters. The van der Waals surface area contributed by atoms with E-state index in [9.17, 15) is 14.9 Å². The van der Waals surface area contributed by atoms with Crippen LogP contribution >= 0.6 is 0 Å². The van der Waals surface area contributed by atoms with Crippen LogP contribution in [0.3, 0.4) is 0 Å². The molecule has 9 heteroatoms. The minimum Gasteiger partial charge on any atom is -0.378 e. The third-order valence-electron chi connectivity index (χ3n) is 5.10. The largest absolute Gasteiger partial charge is 0.378 e. The second-order valence-electron chi connectivity index (χ2n) is 7.38. The molecule has 2 amide bonds. The van der Waals surface area contributed by atoms with Crippen LogP contribution in [0.1, 0.15) is 18.5 Å². The topological polar surface area (TPSA) is 114 Å². The molecule has 1 aliphatic heterocycles. The number of hydrogen-bond acceptors (Lipinski definition) is 7. The highest BCUT2D eigenvalue weighted by Gasteiger charge is 2.23. The van der Waals surface area contributed by atoms with E-state index in [-0.39, 0.29) is 5.92 Å². The first-order valence-corrected chi connectivity index (χ1v) is 9.80. The lowest BCUT2D eigenvalue weighted by Crippen LogP contribution is -2.42. The standard InChI is InChI=1S/C21H25N7O2/c1-27(2)17-5-3-16(4-6-17)26-21(30)20(29)25-14-15-7-11-28(12-8-15)19-18(13-22)23-9-10-24-19/h3-6,9-10,15H,7-8,11-12,14H2,1-2H3,(H,25,29)(H,26,30). The molecule has 0 atom stereocenters. The van der Waals surface area contributed by atoms with E-state index in [1.54, 1.807) is 18.3 Å². The Labute approximate surface area is 175 Å². The van der Waals surface area contributed by atoms with Gasteiger partial charge in [-0.1, -0.05) is 0 Å². The lowest BCUT2D eigenvalue weighted by atomic mass is 9.96. The molecule has 2 aromatic rings. The van der Waals surface area contributed by atoms with Gasteiger partial charge in [-0.15, -0.1) is 0 Å². The third kappa shape index (κ3) is 5.23. The predicted molar refractivity (Wildman–Crippen MR) is 114 cm³/mol. The van der Waals surface area contributed by atoms with Crippen LogP contribution in [0.2, 0.25) is 0 Å². The molecule has 0 aliphatic carbocycles. The van der Waals surface area contributed by atoms with E-state index in [2.05, 4.69) is 26.7 Å². The molecule has 0 spiro atoms. The van der Waals surface area contributed by atoms with Gasteiger partial charge in [0, 0.05) is 57.5 Å². The third-order valence-corrected chi connectivity index (χ3v) is 5.10. The van der Waals surface area contributed by atoms with Gasteiger partial charge in [-0.05, 0) is 43.0 Å². The monoisotopic (exact) mass is 407 g/mol. The maximum atomic E-state index is 12.1. The Morgan fingerprint density at radius 1 is 1.13 bits per heavy atom. The van der Waals surface area contributed by atoms with Gasteiger partial charge in [-0.2, -0.15) is 5.26 Å². The SMILES string of the molecule is CN(C)c1ccc(NC(=O)C(=O)NCC2CCN(c3nccnc3C#N)CC2)cc1. The minimum atomic E-state index is -0.678. The Kier molecular flexibility index (Phi) is 6.80. The zero-order valence-corrected chi connectivity index (χ0v) is 17.1. The smallest absolute Gasteiger partial charge is 0.313 e. The van der Waals surface area contributed by atoms with Crippen LogP contribution < -0.4 is 20.4 Å². The molecule has 1 aromatic carbocycles. The average Bonchev–Trinajstić information content (AvgIpc) is 2.78. The Morgan fingerprint density at radius 3 is 2.43 bits per heavy atom. The summed E-state index contributed by atoms with van der Waals surface area (Å²) in [7, 11) is 3.86. The summed E-state index contributed by atoms with van der Waals surface area (Å²) in [6.07, 6.45) is 4.74. The van der Waals surface area contributed by atoms with E-state index in [1.165, 1.54) is 6.20 Å². The fraction of sp³-hybridized carbons (Fsp3) is 0.381. The lowest BCUT2D eigenvalue weighted by Gasteiger charge is -2.32. The van der Waals surface area contributed by atoms with Crippen molar-refractivity contribution in [2.24, 2.45) is 5.92 Å². The van der Waals surface area contributed by atoms with Crippen LogP contribution in [0.5, 0.6) is 0 Å². The highest BCUT2D eigenvalue weighted by atomic mass is 16.2. The van der Waals surface area contributed by atoms with Crippen LogP contribution in [-0.4, -0.2) is 55.5 Å². The summed E-state index contributed by atoms with van der Waals surface area (Å²) in [4.78, 5) is 36.6. The van der Waals surface area contributed by atoms with Crippen LogP contribution in [0, 0.1) is 17.2 Å². The van der Waals surface area contributed by atoms with Crippen LogP contribution in [-0.2, 0) is 9.59 Å². The molecule has 1 aliphatic rings. The van der Waals surface area contributed by atoms with Gasteiger partial charge in [-0.25, -0.2) is 9.97 Å². The zero-order chi connectivity index (χ0) is 21.5. The van der Waals surface area contributed by atoms with Crippen molar-refractivity contribution in [3.8, 4) is 6.07 Å². The number of hydrogen-bond donors (Lipinski definition) is 2. The predicted octanol–water partition coefficient (Wildman–Crippen LogP) is 1.39. The van der Waals surface area contributed by atoms with Gasteiger partial charge >= 0.3 is 11.8 Å². The van der Waals surface area contributed by atoms with Crippen molar-refractivity contribution in [3.05, 3.63) is 42.4 Å². The molecule has 1 aromatic heterocycles. The number of benzene rings is 1. The van der Waals surface area contributed by atoms with Gasteiger partial charge in [0.05, 0.1) is 0 Å². The van der Waals surface area contributed by atoms with Crippen molar-refractivity contribution in [1.82, 2.24) is 15.3 Å². The Hall–Kier alpha value is -3.67. The fourth-order valence-electron chi connectivity index (χ4n) is 3.34. The van der Waals surface area contributed by atoms with Crippen LogP contribution in [0.15, 0.2) is 36.7 Å². The molecular weight excluding hydrogens is 382 g/mol. The van der Waals surface area contributed by atoms with Crippen molar-refractivity contribution < 1.29 is 9.59 Å². The molecule has 30 heavy (non-hydrogen) atoms. The number of piperidine rings is 1. The Bertz CT molecular complexity index is 929. The molecule has 3 rings (SSSR count). The molecule has 156 valence electrons. The summed E-state index contributed by atoms with van der Waals surface area (Å²) in [6, 6.07) is 9.33. The van der Waals surface area contributed by atoms with Crippen LogP contribution in [0.25, 0.3) is 0 Å². The van der Waals surface area contributed by atoms with Crippen molar-refractivity contribution in [2.45, 2.75) is 12.8 Å². The number of carbonyl (C=O) groups is 2. The summed E-state index contributed by atoms with van der Waals surface area (Å²) >= 11 is 0. The van der Waals surface area contributed by atoms with Gasteiger partial charge < -0.3 is 20.4 Å². The first-order chi connectivity index (χ1) is 14.5. The number of nitriles is 1. The quantitative estimate of drug-likeness (QED) is 0.720. The summed E-state index contributed by atoms with van der Waals surface area (Å²) in [5.41, 5.74) is 1.90. The molecule has 1 fully saturated rings. The molecular formula is C21H25N7O2. The maximum absolute atomic E-state index is 12.1. The summed E-state index contributed by atoms with van der Waals surface area (Å²) in [5, 5.41) is 14.5. The molecule has 2 heterocycles. The van der Waals surface area contributed by atoms with Gasteiger partial charge in [0.15, 0.2) is 11.5 Å². The van der Waals surface area contributed by atoms with Gasteiger partial charge in [0.2, 0.25) is 0 Å². The summed E-state index contributed by atoms with van der Waals surface area (Å²) < 4.78 is 0. The van der Waals surface area contributed by atoms with Crippen molar-refractivity contribution in [3.63, 3.8) is 0 Å². The molecule has 0 saturated carbocycles. The highest BCUT2D eigenvalue weighted by Crippen LogP contribution is 2.23. The van der Waals surface area contributed by atoms with Crippen molar-refractivity contribution >= 4 is 29.0 Å². The maximum Gasteiger partial charge on any atom is 0.313 e. The average molecular weight is 407 g/mol. The number of rotatable bonds is 5. The first-order valence-electron chi connectivity index (χ1n) is 9.80. The molecule has 2 N–H and O–H groups in total. The highest BCUT2D eigenvalue weighted by molar-refractivity contribution is 6.39. The number of nitrogens with one attached hydrogen (secondary N) is 2. The molecule has 9 nitrogen and oxygen atoms in total. The number of anilines is 3. The normalized spacial score (nSPS) is 14.0. The van der Waals surface area contributed by atoms with Gasteiger partial charge in [0.1, 0.15) is 6.07 Å². The van der Waals surface area contributed by atoms with Gasteiger partial charge in [-0.3, -0.25) is 9.59 Å². The summed E-state index contributed by atoms with van der Waals surface area (Å²) in [6.45, 7) is 1.88. The molecule has 1 saturated heterocycles. The number of carbonyl (C=O) groups excluding carboxylic acids is 2. The van der Waals surface area contributed by atoms with E-state index in [0.29, 0.717) is 23.7 Å². The second kappa shape index (κ2) is 9.69. The first kappa shape index (κ1) is 21.0. The van der Waals surface area contributed by atoms with Crippen molar-refractivity contribution in [2.75, 3.05) is 48.8 Å².